The molecule has 140 valence electrons. The van der Waals surface area contributed by atoms with Gasteiger partial charge in [0.05, 0.1) is 24.1 Å². The van der Waals surface area contributed by atoms with Gasteiger partial charge in [-0.05, 0) is 49.2 Å². The molecule has 0 saturated heterocycles. The van der Waals surface area contributed by atoms with Crippen molar-refractivity contribution in [3.8, 4) is 5.75 Å². The molecule has 1 N–H and O–H groups in total. The van der Waals surface area contributed by atoms with Gasteiger partial charge in [-0.2, -0.15) is 0 Å². The maximum atomic E-state index is 12.4. The first-order chi connectivity index (χ1) is 12.1. The second-order valence-corrected chi connectivity index (χ2v) is 8.27. The molecule has 2 rings (SSSR count). The first kappa shape index (κ1) is 20.1. The molecule has 6 nitrogen and oxygen atoms in total. The van der Waals surface area contributed by atoms with Gasteiger partial charge in [0.1, 0.15) is 12.3 Å². The number of nitrogens with one attached hydrogen (secondary N) is 1. The Morgan fingerprint density at radius 1 is 1.19 bits per heavy atom. The molecule has 0 radical (unpaired) electrons. The molecule has 8 heteroatoms. The topological polar surface area (TPSA) is 75.7 Å². The Labute approximate surface area is 158 Å². The lowest BCUT2D eigenvalue weighted by atomic mass is 10.1. The summed E-state index contributed by atoms with van der Waals surface area (Å²) in [7, 11) is -2.22. The third kappa shape index (κ3) is 4.89. The van der Waals surface area contributed by atoms with Crippen molar-refractivity contribution in [2.24, 2.45) is 0 Å². The molecule has 0 aliphatic heterocycles. The average molecular weight is 397 g/mol. The van der Waals surface area contributed by atoms with Crippen molar-refractivity contribution in [3.05, 3.63) is 52.5 Å². The monoisotopic (exact) mass is 396 g/mol. The number of rotatable bonds is 6. The van der Waals surface area contributed by atoms with Gasteiger partial charge in [0.2, 0.25) is 15.9 Å². The second-order valence-electron chi connectivity index (χ2n) is 5.96. The summed E-state index contributed by atoms with van der Waals surface area (Å²) in [5, 5.41) is 3.02. The summed E-state index contributed by atoms with van der Waals surface area (Å²) in [6.45, 7) is 3.42. The van der Waals surface area contributed by atoms with Gasteiger partial charge in [0, 0.05) is 5.69 Å². The molecule has 0 heterocycles. The normalized spacial score (nSPS) is 11.1. The molecule has 0 atom stereocenters. The van der Waals surface area contributed by atoms with E-state index < -0.39 is 15.9 Å². The van der Waals surface area contributed by atoms with E-state index in [2.05, 4.69) is 5.32 Å². The van der Waals surface area contributed by atoms with Crippen molar-refractivity contribution in [3.63, 3.8) is 0 Å². The lowest BCUT2D eigenvalue weighted by Gasteiger charge is -2.22. The molecule has 0 bridgehead atoms. The number of methoxy groups -OCH3 is 1. The van der Waals surface area contributed by atoms with Crippen molar-refractivity contribution in [2.75, 3.05) is 29.5 Å². The van der Waals surface area contributed by atoms with Gasteiger partial charge in [-0.3, -0.25) is 9.10 Å². The number of hydrogen-bond acceptors (Lipinski definition) is 4. The first-order valence-corrected chi connectivity index (χ1v) is 10.0. The van der Waals surface area contributed by atoms with Crippen LogP contribution in [0.1, 0.15) is 11.1 Å². The van der Waals surface area contributed by atoms with Gasteiger partial charge in [0.15, 0.2) is 0 Å². The molecule has 0 aliphatic rings. The predicted octanol–water partition coefficient (Wildman–Crippen LogP) is 3.37. The van der Waals surface area contributed by atoms with E-state index >= 15 is 0 Å². The van der Waals surface area contributed by atoms with Crippen molar-refractivity contribution < 1.29 is 17.9 Å². The molecular formula is C18H21ClN2O4S. The molecule has 2 aromatic carbocycles. The summed E-state index contributed by atoms with van der Waals surface area (Å²) in [5.41, 5.74) is 2.82. The second kappa shape index (κ2) is 7.97. The molecule has 2 aromatic rings. The number of hydrogen-bond donors (Lipinski definition) is 1. The zero-order valence-electron chi connectivity index (χ0n) is 15.0. The highest BCUT2D eigenvalue weighted by Gasteiger charge is 2.22. The molecule has 0 spiro atoms. The standard InChI is InChI=1S/C18H21ClN2O4S/c1-12-5-6-13(2)16(9-12)20-18(22)11-21(26(4,23)24)14-7-8-17(25-3)15(19)10-14/h5-10H,11H2,1-4H3,(H,20,22). The van der Waals surface area contributed by atoms with Crippen molar-refractivity contribution in [1.29, 1.82) is 0 Å². The lowest BCUT2D eigenvalue weighted by molar-refractivity contribution is -0.114. The molecule has 26 heavy (non-hydrogen) atoms. The number of aryl methyl sites for hydroxylation is 2. The smallest absolute Gasteiger partial charge is 0.245 e. The number of carbonyl (C=O) groups excluding carboxylic acids is 1. The lowest BCUT2D eigenvalue weighted by Crippen LogP contribution is -2.37. The van der Waals surface area contributed by atoms with Crippen LogP contribution in [0, 0.1) is 13.8 Å². The van der Waals surface area contributed by atoms with Gasteiger partial charge in [-0.1, -0.05) is 23.7 Å². The van der Waals surface area contributed by atoms with E-state index in [1.54, 1.807) is 6.07 Å². The van der Waals surface area contributed by atoms with Gasteiger partial charge in [-0.15, -0.1) is 0 Å². The molecule has 0 unspecified atom stereocenters. The maximum absolute atomic E-state index is 12.4. The van der Waals surface area contributed by atoms with E-state index in [4.69, 9.17) is 16.3 Å². The average Bonchev–Trinajstić information content (AvgIpc) is 2.55. The van der Waals surface area contributed by atoms with E-state index in [1.165, 1.54) is 19.2 Å². The number of sulfonamides is 1. The highest BCUT2D eigenvalue weighted by Crippen LogP contribution is 2.30. The Kier molecular flexibility index (Phi) is 6.15. The molecule has 1 amide bonds. The highest BCUT2D eigenvalue weighted by atomic mass is 35.5. The SMILES string of the molecule is COc1ccc(N(CC(=O)Nc2cc(C)ccc2C)S(C)(=O)=O)cc1Cl. The molecular weight excluding hydrogens is 376 g/mol. The third-order valence-corrected chi connectivity index (χ3v) is 5.21. The first-order valence-electron chi connectivity index (χ1n) is 7.80. The Hall–Kier alpha value is -2.25. The Morgan fingerprint density at radius 2 is 1.88 bits per heavy atom. The minimum atomic E-state index is -3.69. The van der Waals surface area contributed by atoms with E-state index in [1.807, 2.05) is 32.0 Å². The Bertz CT molecular complexity index is 929. The number of amides is 1. The minimum absolute atomic E-state index is 0.258. The van der Waals surface area contributed by atoms with Crippen LogP contribution in [0.5, 0.6) is 5.75 Å². The van der Waals surface area contributed by atoms with Crippen LogP contribution >= 0.6 is 11.6 Å². The number of nitrogens with zero attached hydrogens (tertiary/aromatic N) is 1. The largest absolute Gasteiger partial charge is 0.495 e. The van der Waals surface area contributed by atoms with Crippen LogP contribution in [0.15, 0.2) is 36.4 Å². The summed E-state index contributed by atoms with van der Waals surface area (Å²) in [6.07, 6.45) is 1.04. The van der Waals surface area contributed by atoms with Gasteiger partial charge < -0.3 is 10.1 Å². The summed E-state index contributed by atoms with van der Waals surface area (Å²) in [4.78, 5) is 12.4. The van der Waals surface area contributed by atoms with Crippen LogP contribution in [-0.4, -0.2) is 34.2 Å². The van der Waals surface area contributed by atoms with E-state index in [-0.39, 0.29) is 17.3 Å². The van der Waals surface area contributed by atoms with Crippen LogP contribution in [0.2, 0.25) is 5.02 Å². The fourth-order valence-electron chi connectivity index (χ4n) is 2.40. The van der Waals surface area contributed by atoms with Gasteiger partial charge in [0.25, 0.3) is 0 Å². The number of anilines is 2. The van der Waals surface area contributed by atoms with E-state index in [0.717, 1.165) is 21.7 Å². The van der Waals surface area contributed by atoms with Gasteiger partial charge >= 0.3 is 0 Å². The number of carbonyl (C=O) groups is 1. The zero-order chi connectivity index (χ0) is 19.5. The molecule has 0 aromatic heterocycles. The quantitative estimate of drug-likeness (QED) is 0.812. The summed E-state index contributed by atoms with van der Waals surface area (Å²) >= 11 is 6.08. The number of benzene rings is 2. The summed E-state index contributed by atoms with van der Waals surface area (Å²) < 4.78 is 30.4. The maximum Gasteiger partial charge on any atom is 0.245 e. The summed E-state index contributed by atoms with van der Waals surface area (Å²) in [6, 6.07) is 10.2. The van der Waals surface area contributed by atoms with Crippen LogP contribution in [0.25, 0.3) is 0 Å². The minimum Gasteiger partial charge on any atom is -0.495 e. The van der Waals surface area contributed by atoms with E-state index in [9.17, 15) is 13.2 Å². The predicted molar refractivity (Wildman–Crippen MR) is 105 cm³/mol. The van der Waals surface area contributed by atoms with Gasteiger partial charge in [-0.25, -0.2) is 8.42 Å². The zero-order valence-corrected chi connectivity index (χ0v) is 16.6. The fraction of sp³-hybridized carbons (Fsp3) is 0.278. The van der Waals surface area contributed by atoms with Crippen LogP contribution in [0.3, 0.4) is 0 Å². The highest BCUT2D eigenvalue weighted by molar-refractivity contribution is 7.92. The molecule has 0 saturated carbocycles. The number of halogens is 1. The Balaban J connectivity index is 2.27. The van der Waals surface area contributed by atoms with Crippen LogP contribution < -0.4 is 14.4 Å². The molecule has 0 aliphatic carbocycles. The van der Waals surface area contributed by atoms with Crippen LogP contribution in [-0.2, 0) is 14.8 Å². The third-order valence-electron chi connectivity index (χ3n) is 3.78. The fourth-order valence-corrected chi connectivity index (χ4v) is 3.50. The van der Waals surface area contributed by atoms with Crippen LogP contribution in [0.4, 0.5) is 11.4 Å². The summed E-state index contributed by atoms with van der Waals surface area (Å²) in [5.74, 6) is -0.0280. The molecule has 0 fully saturated rings. The Morgan fingerprint density at radius 3 is 2.46 bits per heavy atom. The van der Waals surface area contributed by atoms with E-state index in [0.29, 0.717) is 11.4 Å². The number of ether oxygens (including phenoxy) is 1. The van der Waals surface area contributed by atoms with Crippen molar-refractivity contribution >= 4 is 38.9 Å². The van der Waals surface area contributed by atoms with Crippen molar-refractivity contribution in [2.45, 2.75) is 13.8 Å². The van der Waals surface area contributed by atoms with Crippen molar-refractivity contribution in [1.82, 2.24) is 0 Å².